The average Bonchev–Trinajstić information content (AvgIpc) is 2.17. The van der Waals surface area contributed by atoms with E-state index in [1.165, 1.54) is 11.1 Å². The number of halogens is 1. The number of rotatable bonds is 0. The van der Waals surface area contributed by atoms with E-state index >= 15 is 0 Å². The smallest absolute Gasteiger partial charge is 0.411 e. The third-order valence-corrected chi connectivity index (χ3v) is 2.43. The van der Waals surface area contributed by atoms with E-state index in [-0.39, 0.29) is 0 Å². The van der Waals surface area contributed by atoms with Crippen LogP contribution in [0, 0.1) is 0 Å². The van der Waals surface area contributed by atoms with Gasteiger partial charge in [0.2, 0.25) is 0 Å². The summed E-state index contributed by atoms with van der Waals surface area (Å²) in [5.41, 5.74) is 1.84. The van der Waals surface area contributed by atoms with Gasteiger partial charge in [-0.1, -0.05) is 35.9 Å². The van der Waals surface area contributed by atoms with Gasteiger partial charge in [0.15, 0.2) is 0 Å². The van der Waals surface area contributed by atoms with Crippen LogP contribution in [0.25, 0.3) is 5.03 Å². The molecule has 0 saturated heterocycles. The van der Waals surface area contributed by atoms with Crippen LogP contribution in [0.1, 0.15) is 11.1 Å². The van der Waals surface area contributed by atoms with Crippen LogP contribution in [0.4, 0.5) is 4.79 Å². The second-order valence-corrected chi connectivity index (χ2v) is 3.45. The number of benzene rings is 1. The lowest BCUT2D eigenvalue weighted by Crippen LogP contribution is -2.26. The van der Waals surface area contributed by atoms with Crippen molar-refractivity contribution in [1.29, 1.82) is 0 Å². The zero-order chi connectivity index (χ0) is 10.1. The fourth-order valence-corrected chi connectivity index (χ4v) is 1.75. The minimum absolute atomic E-state index is 0.363. The van der Waals surface area contributed by atoms with Crippen molar-refractivity contribution >= 4 is 22.7 Å². The van der Waals surface area contributed by atoms with Gasteiger partial charge in [-0.15, -0.1) is 0 Å². The molecule has 2 rings (SSSR count). The lowest BCUT2D eigenvalue weighted by molar-refractivity contribution is 0.160. The van der Waals surface area contributed by atoms with Crippen molar-refractivity contribution in [1.82, 2.24) is 4.90 Å². The zero-order valence-corrected chi connectivity index (χ0v) is 8.03. The molecule has 1 aromatic rings. The Bertz CT molecular complexity index is 414. The molecule has 1 N–H and O–H groups in total. The Morgan fingerprint density at radius 1 is 1.43 bits per heavy atom. The maximum atomic E-state index is 10.7. The third kappa shape index (κ3) is 1.46. The second kappa shape index (κ2) is 3.35. The normalized spacial score (nSPS) is 14.6. The first-order valence-corrected chi connectivity index (χ1v) is 4.51. The summed E-state index contributed by atoms with van der Waals surface area (Å²) in [6.07, 6.45) is 0.448. The summed E-state index contributed by atoms with van der Waals surface area (Å²) >= 11 is 5.94. The molecule has 72 valence electrons. The highest BCUT2D eigenvalue weighted by Crippen LogP contribution is 2.28. The summed E-state index contributed by atoms with van der Waals surface area (Å²) in [4.78, 5) is 11.9. The van der Waals surface area contributed by atoms with Crippen molar-refractivity contribution in [3.63, 3.8) is 0 Å². The lowest BCUT2D eigenvalue weighted by Gasteiger charge is -2.22. The zero-order valence-electron chi connectivity index (χ0n) is 7.27. The van der Waals surface area contributed by atoms with E-state index in [0.717, 1.165) is 11.1 Å². The van der Waals surface area contributed by atoms with Gasteiger partial charge in [-0.05, 0) is 11.1 Å². The van der Waals surface area contributed by atoms with E-state index in [2.05, 4.69) is 0 Å². The molecule has 14 heavy (non-hydrogen) atoms. The molecule has 0 radical (unpaired) electrons. The first-order chi connectivity index (χ1) is 6.68. The van der Waals surface area contributed by atoms with E-state index < -0.39 is 6.09 Å². The van der Waals surface area contributed by atoms with Crippen molar-refractivity contribution in [2.24, 2.45) is 0 Å². The summed E-state index contributed by atoms with van der Waals surface area (Å²) < 4.78 is 0. The van der Waals surface area contributed by atoms with Gasteiger partial charge in [0.1, 0.15) is 0 Å². The van der Waals surface area contributed by atoms with Gasteiger partial charge in [-0.3, -0.25) is 4.90 Å². The molecular weight excluding hydrogens is 202 g/mol. The lowest BCUT2D eigenvalue weighted by atomic mass is 10.0. The molecule has 0 atom stereocenters. The molecule has 1 aliphatic heterocycles. The minimum atomic E-state index is -0.988. The second-order valence-electron chi connectivity index (χ2n) is 3.04. The molecule has 3 nitrogen and oxygen atoms in total. The summed E-state index contributed by atoms with van der Waals surface area (Å²) in [5, 5.41) is 9.27. The summed E-state index contributed by atoms with van der Waals surface area (Å²) in [6.45, 7) is 0.363. The van der Waals surface area contributed by atoms with Gasteiger partial charge in [0, 0.05) is 6.20 Å². The highest BCUT2D eigenvalue weighted by Gasteiger charge is 2.19. The van der Waals surface area contributed by atoms with Crippen LogP contribution in [-0.4, -0.2) is 16.1 Å². The SMILES string of the molecule is O=C(O)N1C=C(Cl)c2ccccc2C1. The quantitative estimate of drug-likeness (QED) is 0.714. The molecule has 0 fully saturated rings. The first kappa shape index (κ1) is 9.09. The molecule has 0 spiro atoms. The van der Waals surface area contributed by atoms with Gasteiger partial charge >= 0.3 is 6.09 Å². The molecule has 0 aliphatic carbocycles. The van der Waals surface area contributed by atoms with Crippen LogP contribution in [0.5, 0.6) is 0 Å². The highest BCUT2D eigenvalue weighted by molar-refractivity contribution is 6.49. The molecule has 1 aromatic carbocycles. The summed E-state index contributed by atoms with van der Waals surface area (Å²) in [6, 6.07) is 7.51. The van der Waals surface area contributed by atoms with Gasteiger partial charge in [-0.25, -0.2) is 4.79 Å². The molecular formula is C10H8ClNO2. The summed E-state index contributed by atoms with van der Waals surface area (Å²) in [5.74, 6) is 0. The van der Waals surface area contributed by atoms with Crippen molar-refractivity contribution in [3.05, 3.63) is 41.6 Å². The van der Waals surface area contributed by atoms with Crippen LogP contribution in [0.15, 0.2) is 30.5 Å². The fraction of sp³-hybridized carbons (Fsp3) is 0.100. The van der Waals surface area contributed by atoms with Crippen LogP contribution in [-0.2, 0) is 6.54 Å². The number of carbonyl (C=O) groups is 1. The van der Waals surface area contributed by atoms with Crippen LogP contribution >= 0.6 is 11.6 Å². The maximum absolute atomic E-state index is 10.7. The van der Waals surface area contributed by atoms with Crippen molar-refractivity contribution in [2.75, 3.05) is 0 Å². The minimum Gasteiger partial charge on any atom is -0.465 e. The Morgan fingerprint density at radius 3 is 2.86 bits per heavy atom. The van der Waals surface area contributed by atoms with Crippen LogP contribution in [0.2, 0.25) is 0 Å². The van der Waals surface area contributed by atoms with Gasteiger partial charge < -0.3 is 5.11 Å². The van der Waals surface area contributed by atoms with E-state index in [9.17, 15) is 4.79 Å². The fourth-order valence-electron chi connectivity index (χ4n) is 1.45. The van der Waals surface area contributed by atoms with E-state index in [1.807, 2.05) is 24.3 Å². The van der Waals surface area contributed by atoms with E-state index in [4.69, 9.17) is 16.7 Å². The van der Waals surface area contributed by atoms with Gasteiger partial charge in [-0.2, -0.15) is 0 Å². The number of amides is 1. The first-order valence-electron chi connectivity index (χ1n) is 4.13. The molecule has 0 saturated carbocycles. The number of hydrogen-bond acceptors (Lipinski definition) is 1. The number of fused-ring (bicyclic) bond motifs is 1. The molecule has 4 heteroatoms. The standard InChI is InChI=1S/C10H8ClNO2/c11-9-6-12(10(13)14)5-7-3-1-2-4-8(7)9/h1-4,6H,5H2,(H,13,14). The van der Waals surface area contributed by atoms with Crippen molar-refractivity contribution in [2.45, 2.75) is 6.54 Å². The Kier molecular flexibility index (Phi) is 2.17. The van der Waals surface area contributed by atoms with Gasteiger partial charge in [0.05, 0.1) is 11.6 Å². The third-order valence-electron chi connectivity index (χ3n) is 2.13. The maximum Gasteiger partial charge on any atom is 0.411 e. The van der Waals surface area contributed by atoms with Crippen LogP contribution < -0.4 is 0 Å². The molecule has 1 amide bonds. The van der Waals surface area contributed by atoms with E-state index in [0.29, 0.717) is 11.6 Å². The Morgan fingerprint density at radius 2 is 2.14 bits per heavy atom. The topological polar surface area (TPSA) is 40.5 Å². The molecule has 0 bridgehead atoms. The highest BCUT2D eigenvalue weighted by atomic mass is 35.5. The Hall–Kier alpha value is -1.48. The van der Waals surface area contributed by atoms with E-state index in [1.54, 1.807) is 0 Å². The Labute approximate surface area is 86.2 Å². The van der Waals surface area contributed by atoms with Crippen molar-refractivity contribution in [3.8, 4) is 0 Å². The molecule has 1 aliphatic rings. The largest absolute Gasteiger partial charge is 0.465 e. The predicted molar refractivity (Wildman–Crippen MR) is 53.8 cm³/mol. The Balaban J connectivity index is 2.44. The number of nitrogens with zero attached hydrogens (tertiary/aromatic N) is 1. The molecule has 0 unspecified atom stereocenters. The molecule has 0 aromatic heterocycles. The predicted octanol–water partition coefficient (Wildman–Crippen LogP) is 2.72. The monoisotopic (exact) mass is 209 g/mol. The number of carboxylic acid groups (broad SMARTS) is 1. The van der Waals surface area contributed by atoms with Crippen LogP contribution in [0.3, 0.4) is 0 Å². The van der Waals surface area contributed by atoms with Crippen molar-refractivity contribution < 1.29 is 9.90 Å². The molecule has 1 heterocycles. The summed E-state index contributed by atoms with van der Waals surface area (Å²) in [7, 11) is 0. The number of hydrogen-bond donors (Lipinski definition) is 1. The average molecular weight is 210 g/mol. The van der Waals surface area contributed by atoms with Gasteiger partial charge in [0.25, 0.3) is 0 Å².